The van der Waals surface area contributed by atoms with E-state index in [2.05, 4.69) is 12.1 Å². The van der Waals surface area contributed by atoms with Gasteiger partial charge in [0, 0.05) is 9.79 Å². The van der Waals surface area contributed by atoms with Crippen molar-refractivity contribution in [1.29, 1.82) is 0 Å². The second-order valence-electron chi connectivity index (χ2n) is 2.19. The lowest BCUT2D eigenvalue weighted by atomic mass is 10.4. The summed E-state index contributed by atoms with van der Waals surface area (Å²) in [4.78, 5) is 12.9. The molecule has 0 N–H and O–H groups in total. The molecule has 0 atom stereocenters. The van der Waals surface area contributed by atoms with Crippen molar-refractivity contribution in [3.63, 3.8) is 0 Å². The third-order valence-electron chi connectivity index (χ3n) is 1.45. The van der Waals surface area contributed by atoms with Crippen LogP contribution in [0.2, 0.25) is 0 Å². The van der Waals surface area contributed by atoms with Crippen molar-refractivity contribution in [2.24, 2.45) is 0 Å². The van der Waals surface area contributed by atoms with Crippen molar-refractivity contribution < 1.29 is 4.79 Å². The number of hydrogen-bond donors (Lipinski definition) is 0. The highest BCUT2D eigenvalue weighted by Gasteiger charge is 2.21. The van der Waals surface area contributed by atoms with E-state index in [-0.39, 0.29) is 4.58 Å². The van der Waals surface area contributed by atoms with Crippen LogP contribution in [-0.4, -0.2) is 10.9 Å². The number of thioether (sulfide) groups is 2. The summed E-state index contributed by atoms with van der Waals surface area (Å²) in [5.74, 6) is 0. The van der Waals surface area contributed by atoms with E-state index in [1.807, 2.05) is 12.1 Å². The fourth-order valence-corrected chi connectivity index (χ4v) is 3.37. The molecule has 3 heteroatoms. The summed E-state index contributed by atoms with van der Waals surface area (Å²) in [6.45, 7) is 0. The molecule has 1 aromatic carbocycles. The molecule has 0 bridgehead atoms. The zero-order valence-electron chi connectivity index (χ0n) is 5.69. The molecule has 0 saturated carbocycles. The van der Waals surface area contributed by atoms with Gasteiger partial charge < -0.3 is 4.79 Å². The number of carbonyl (C=O) groups is 1. The summed E-state index contributed by atoms with van der Waals surface area (Å²) in [7, 11) is 0. The van der Waals surface area contributed by atoms with Crippen LogP contribution in [-0.2, 0) is 4.79 Å². The quantitative estimate of drug-likeness (QED) is 0.621. The second-order valence-corrected chi connectivity index (χ2v) is 4.85. The number of fused-ring (bicyclic) bond motifs is 1. The van der Waals surface area contributed by atoms with Crippen molar-refractivity contribution in [2.45, 2.75) is 14.4 Å². The maximum atomic E-state index is 10.4. The summed E-state index contributed by atoms with van der Waals surface area (Å²) in [5.41, 5.74) is 0. The van der Waals surface area contributed by atoms with E-state index in [9.17, 15) is 4.79 Å². The fourth-order valence-electron chi connectivity index (χ4n) is 0.975. The van der Waals surface area contributed by atoms with Crippen LogP contribution in [0.5, 0.6) is 0 Å². The Morgan fingerprint density at radius 2 is 1.73 bits per heavy atom. The second kappa shape index (κ2) is 2.91. The smallest absolute Gasteiger partial charge is 0.143 e. The minimum atomic E-state index is 0.0763. The number of aldehydes is 1. The highest BCUT2D eigenvalue weighted by Crippen LogP contribution is 2.46. The first-order chi connectivity index (χ1) is 5.40. The van der Waals surface area contributed by atoms with E-state index in [4.69, 9.17) is 0 Å². The van der Waals surface area contributed by atoms with Gasteiger partial charge in [-0.25, -0.2) is 0 Å². The van der Waals surface area contributed by atoms with Crippen LogP contribution in [0.1, 0.15) is 0 Å². The van der Waals surface area contributed by atoms with E-state index in [0.29, 0.717) is 0 Å². The van der Waals surface area contributed by atoms with Crippen molar-refractivity contribution in [2.75, 3.05) is 0 Å². The van der Waals surface area contributed by atoms with Crippen LogP contribution in [0.3, 0.4) is 0 Å². The molecular weight excluding hydrogens is 176 g/mol. The molecule has 0 spiro atoms. The van der Waals surface area contributed by atoms with Crippen LogP contribution in [0.25, 0.3) is 0 Å². The summed E-state index contributed by atoms with van der Waals surface area (Å²) in [6.07, 6.45) is 0.995. The summed E-state index contributed by atoms with van der Waals surface area (Å²) in [5, 5.41) is 0. The zero-order valence-corrected chi connectivity index (χ0v) is 7.32. The maximum Gasteiger partial charge on any atom is 0.143 e. The van der Waals surface area contributed by atoms with Crippen LogP contribution in [0.15, 0.2) is 34.1 Å². The van der Waals surface area contributed by atoms with Crippen LogP contribution in [0, 0.1) is 0 Å². The monoisotopic (exact) mass is 182 g/mol. The van der Waals surface area contributed by atoms with Crippen molar-refractivity contribution in [3.05, 3.63) is 24.3 Å². The molecule has 2 rings (SSSR count). The predicted molar refractivity (Wildman–Crippen MR) is 48.0 cm³/mol. The molecule has 0 radical (unpaired) electrons. The van der Waals surface area contributed by atoms with Gasteiger partial charge in [0.25, 0.3) is 0 Å². The Balaban J connectivity index is 2.33. The highest BCUT2D eigenvalue weighted by atomic mass is 32.2. The normalized spacial score (nSPS) is 16.4. The molecule has 1 heterocycles. The predicted octanol–water partition coefficient (Wildman–Crippen LogP) is 2.41. The third-order valence-corrected chi connectivity index (χ3v) is 4.06. The number of hydrogen-bond acceptors (Lipinski definition) is 3. The van der Waals surface area contributed by atoms with Gasteiger partial charge in [-0.05, 0) is 12.1 Å². The standard InChI is InChI=1S/C8H6OS2/c9-5-8-10-6-3-1-2-4-7(6)11-8/h1-5,8H. The minimum absolute atomic E-state index is 0.0763. The number of benzene rings is 1. The van der Waals surface area contributed by atoms with Gasteiger partial charge in [-0.1, -0.05) is 12.1 Å². The number of rotatable bonds is 1. The Morgan fingerprint density at radius 1 is 1.18 bits per heavy atom. The van der Waals surface area contributed by atoms with Crippen molar-refractivity contribution >= 4 is 29.8 Å². The van der Waals surface area contributed by atoms with Gasteiger partial charge in [0.1, 0.15) is 10.9 Å². The lowest BCUT2D eigenvalue weighted by Gasteiger charge is -1.91. The van der Waals surface area contributed by atoms with E-state index < -0.39 is 0 Å². The largest absolute Gasteiger partial charge is 0.301 e. The third kappa shape index (κ3) is 1.30. The first-order valence-corrected chi connectivity index (χ1v) is 5.04. The lowest BCUT2D eigenvalue weighted by Crippen LogP contribution is -1.89. The van der Waals surface area contributed by atoms with E-state index in [1.54, 1.807) is 23.5 Å². The van der Waals surface area contributed by atoms with Gasteiger partial charge in [-0.3, -0.25) is 0 Å². The summed E-state index contributed by atoms with van der Waals surface area (Å²) < 4.78 is 0.0763. The average molecular weight is 182 g/mol. The molecule has 1 aromatic rings. The Labute approximate surface area is 73.6 Å². The van der Waals surface area contributed by atoms with Crippen LogP contribution in [0.4, 0.5) is 0 Å². The molecule has 1 aliphatic rings. The van der Waals surface area contributed by atoms with E-state index in [1.165, 1.54) is 9.79 Å². The van der Waals surface area contributed by atoms with Crippen molar-refractivity contribution in [1.82, 2.24) is 0 Å². The van der Waals surface area contributed by atoms with E-state index >= 15 is 0 Å². The van der Waals surface area contributed by atoms with Crippen LogP contribution >= 0.6 is 23.5 Å². The maximum absolute atomic E-state index is 10.4. The lowest BCUT2D eigenvalue weighted by molar-refractivity contribution is -0.106. The molecule has 0 saturated heterocycles. The summed E-state index contributed by atoms with van der Waals surface area (Å²) >= 11 is 3.26. The molecule has 11 heavy (non-hydrogen) atoms. The first-order valence-electron chi connectivity index (χ1n) is 3.28. The Morgan fingerprint density at radius 3 is 2.18 bits per heavy atom. The molecule has 0 aliphatic carbocycles. The molecule has 0 amide bonds. The van der Waals surface area contributed by atoms with Gasteiger partial charge in [0.15, 0.2) is 0 Å². The number of carbonyl (C=O) groups excluding carboxylic acids is 1. The Kier molecular flexibility index (Phi) is 1.92. The van der Waals surface area contributed by atoms with Gasteiger partial charge in [0.05, 0.1) is 0 Å². The van der Waals surface area contributed by atoms with E-state index in [0.717, 1.165) is 6.29 Å². The van der Waals surface area contributed by atoms with Crippen LogP contribution < -0.4 is 0 Å². The van der Waals surface area contributed by atoms with Crippen molar-refractivity contribution in [3.8, 4) is 0 Å². The molecule has 1 nitrogen and oxygen atoms in total. The van der Waals surface area contributed by atoms with Gasteiger partial charge in [-0.2, -0.15) is 0 Å². The molecular formula is C8H6OS2. The van der Waals surface area contributed by atoms with Gasteiger partial charge in [0.2, 0.25) is 0 Å². The SMILES string of the molecule is O=CC1Sc2ccccc2S1. The topological polar surface area (TPSA) is 17.1 Å². The average Bonchev–Trinajstić information content (AvgIpc) is 2.46. The zero-order chi connectivity index (χ0) is 7.68. The molecule has 0 unspecified atom stereocenters. The highest BCUT2D eigenvalue weighted by molar-refractivity contribution is 8.20. The first kappa shape index (κ1) is 7.25. The summed E-state index contributed by atoms with van der Waals surface area (Å²) in [6, 6.07) is 8.10. The minimum Gasteiger partial charge on any atom is -0.301 e. The molecule has 0 fully saturated rings. The Bertz CT molecular complexity index is 260. The molecule has 56 valence electrons. The van der Waals surface area contributed by atoms with Gasteiger partial charge in [-0.15, -0.1) is 23.5 Å². The molecule has 0 aromatic heterocycles. The fraction of sp³-hybridized carbons (Fsp3) is 0.125. The molecule has 1 aliphatic heterocycles. The van der Waals surface area contributed by atoms with Gasteiger partial charge >= 0.3 is 0 Å². The Hall–Kier alpha value is -0.410.